The molecule has 4 rings (SSSR count). The fourth-order valence-corrected chi connectivity index (χ4v) is 5.89. The van der Waals surface area contributed by atoms with Crippen molar-refractivity contribution in [2.24, 2.45) is 7.05 Å². The number of likely N-dealkylation sites (tertiary alicyclic amines) is 1. The average molecular weight is 473 g/mol. The molecule has 1 aromatic carbocycles. The van der Waals surface area contributed by atoms with E-state index < -0.39 is 10.0 Å². The van der Waals surface area contributed by atoms with Gasteiger partial charge in [0.25, 0.3) is 15.9 Å². The molecule has 168 valence electrons. The van der Waals surface area contributed by atoms with Gasteiger partial charge in [-0.2, -0.15) is 0 Å². The Morgan fingerprint density at radius 3 is 2.56 bits per heavy atom. The zero-order valence-corrected chi connectivity index (χ0v) is 19.7. The van der Waals surface area contributed by atoms with Crippen LogP contribution in [0.5, 0.6) is 0 Å². The molecule has 10 heteroatoms. The quantitative estimate of drug-likeness (QED) is 0.551. The molecule has 0 spiro atoms. The molecule has 0 atom stereocenters. The Bertz CT molecular complexity index is 1300. The van der Waals surface area contributed by atoms with Crippen molar-refractivity contribution in [2.75, 3.05) is 17.8 Å². The van der Waals surface area contributed by atoms with Crippen LogP contribution in [0.2, 0.25) is 0 Å². The summed E-state index contributed by atoms with van der Waals surface area (Å²) in [5.74, 6) is -0.163. The average Bonchev–Trinajstić information content (AvgIpc) is 3.47. The van der Waals surface area contributed by atoms with Gasteiger partial charge in [0.05, 0.1) is 11.4 Å². The highest BCUT2D eigenvalue weighted by atomic mass is 32.2. The first-order valence-electron chi connectivity index (χ1n) is 10.2. The van der Waals surface area contributed by atoms with E-state index in [9.17, 15) is 18.0 Å². The van der Waals surface area contributed by atoms with E-state index in [2.05, 4.69) is 9.71 Å². The van der Waals surface area contributed by atoms with Gasteiger partial charge in [-0.15, -0.1) is 11.3 Å². The number of hydrogen-bond donors (Lipinski definition) is 1. The third kappa shape index (κ3) is 4.33. The third-order valence-corrected chi connectivity index (χ3v) is 7.93. The normalized spacial score (nSPS) is 14.0. The number of nitrogens with one attached hydrogen (secondary N) is 1. The number of rotatable bonds is 6. The first-order valence-corrected chi connectivity index (χ1v) is 12.5. The van der Waals surface area contributed by atoms with Gasteiger partial charge in [0, 0.05) is 37.6 Å². The molecule has 0 aliphatic carbocycles. The number of hydrogen-bond acceptors (Lipinski definition) is 6. The van der Waals surface area contributed by atoms with E-state index in [1.165, 1.54) is 30.5 Å². The van der Waals surface area contributed by atoms with Crippen molar-refractivity contribution in [3.63, 3.8) is 0 Å². The van der Waals surface area contributed by atoms with Crippen LogP contribution in [-0.4, -0.2) is 47.6 Å². The fraction of sp³-hybridized carbons (Fsp3) is 0.318. The van der Waals surface area contributed by atoms with Gasteiger partial charge >= 0.3 is 0 Å². The molecule has 1 aliphatic rings. The highest BCUT2D eigenvalue weighted by molar-refractivity contribution is 7.92. The standard InChI is InChI=1S/C22H24N4O4S2/c1-14-20(22(28)26-9-4-5-10-26)31-21(23-14)19-12-18(13-25(19)3)32(29,30)24-17-8-6-7-16(11-17)15(2)27/h6-8,11-13,24H,4-5,9-10H2,1-3H3. The lowest BCUT2D eigenvalue weighted by Crippen LogP contribution is -2.27. The van der Waals surface area contributed by atoms with Crippen molar-refractivity contribution >= 4 is 38.7 Å². The van der Waals surface area contributed by atoms with Crippen LogP contribution >= 0.6 is 11.3 Å². The molecule has 1 saturated heterocycles. The van der Waals surface area contributed by atoms with E-state index >= 15 is 0 Å². The van der Waals surface area contributed by atoms with E-state index in [1.54, 1.807) is 42.8 Å². The summed E-state index contributed by atoms with van der Waals surface area (Å²) in [5, 5.41) is 0.590. The van der Waals surface area contributed by atoms with Gasteiger partial charge < -0.3 is 9.47 Å². The van der Waals surface area contributed by atoms with Crippen molar-refractivity contribution in [1.82, 2.24) is 14.5 Å². The topological polar surface area (TPSA) is 101 Å². The number of amides is 1. The zero-order valence-electron chi connectivity index (χ0n) is 18.1. The predicted molar refractivity (Wildman–Crippen MR) is 124 cm³/mol. The first kappa shape index (κ1) is 22.2. The van der Waals surface area contributed by atoms with Gasteiger partial charge in [0.15, 0.2) is 5.78 Å². The third-order valence-electron chi connectivity index (χ3n) is 5.41. The monoisotopic (exact) mass is 472 g/mol. The summed E-state index contributed by atoms with van der Waals surface area (Å²) in [6.45, 7) is 4.74. The van der Waals surface area contributed by atoms with E-state index in [1.807, 2.05) is 4.90 Å². The van der Waals surface area contributed by atoms with Crippen LogP contribution in [-0.2, 0) is 17.1 Å². The van der Waals surface area contributed by atoms with Gasteiger partial charge in [-0.25, -0.2) is 13.4 Å². The van der Waals surface area contributed by atoms with E-state index in [4.69, 9.17) is 0 Å². The maximum Gasteiger partial charge on any atom is 0.265 e. The number of carbonyl (C=O) groups excluding carboxylic acids is 2. The second-order valence-electron chi connectivity index (χ2n) is 7.85. The molecule has 3 aromatic rings. The zero-order chi connectivity index (χ0) is 23.0. The Labute approximate surface area is 190 Å². The molecular formula is C22H24N4O4S2. The molecular weight excluding hydrogens is 448 g/mol. The minimum atomic E-state index is -3.88. The summed E-state index contributed by atoms with van der Waals surface area (Å²) in [6, 6.07) is 7.90. The number of sulfonamides is 1. The summed E-state index contributed by atoms with van der Waals surface area (Å²) in [5.41, 5.74) is 1.99. The number of Topliss-reactive ketones (excluding diaryl/α,β-unsaturated/α-hetero) is 1. The molecule has 0 saturated carbocycles. The Hall–Kier alpha value is -2.98. The minimum absolute atomic E-state index is 0.0159. The van der Waals surface area contributed by atoms with Crippen LogP contribution in [0.4, 0.5) is 5.69 Å². The number of aromatic nitrogens is 2. The molecule has 1 amide bonds. The fourth-order valence-electron chi connectivity index (χ4n) is 3.68. The second kappa shape index (κ2) is 8.51. The molecule has 0 bridgehead atoms. The SMILES string of the molecule is CC(=O)c1cccc(NS(=O)(=O)c2cc(-c3nc(C)c(C(=O)N4CCCC4)s3)n(C)c2)c1. The molecule has 8 nitrogen and oxygen atoms in total. The van der Waals surface area contributed by atoms with Crippen molar-refractivity contribution in [2.45, 2.75) is 31.6 Å². The lowest BCUT2D eigenvalue weighted by atomic mass is 10.1. The second-order valence-corrected chi connectivity index (χ2v) is 10.5. The highest BCUT2D eigenvalue weighted by Crippen LogP contribution is 2.32. The molecule has 0 unspecified atom stereocenters. The highest BCUT2D eigenvalue weighted by Gasteiger charge is 2.26. The van der Waals surface area contributed by atoms with Gasteiger partial charge in [0.2, 0.25) is 0 Å². The van der Waals surface area contributed by atoms with Crippen molar-refractivity contribution in [3.05, 3.63) is 52.7 Å². The Kier molecular flexibility index (Phi) is 5.91. The maximum atomic E-state index is 12.9. The molecule has 1 aliphatic heterocycles. The lowest BCUT2D eigenvalue weighted by molar-refractivity contribution is 0.0796. The number of anilines is 1. The number of thiazole rings is 1. The van der Waals surface area contributed by atoms with Crippen molar-refractivity contribution in [1.29, 1.82) is 0 Å². The summed E-state index contributed by atoms with van der Waals surface area (Å²) in [7, 11) is -2.14. The van der Waals surface area contributed by atoms with Gasteiger partial charge in [-0.3, -0.25) is 14.3 Å². The van der Waals surface area contributed by atoms with Crippen LogP contribution in [0.25, 0.3) is 10.7 Å². The number of nitrogens with zero attached hydrogens (tertiary/aromatic N) is 3. The van der Waals surface area contributed by atoms with Crippen molar-refractivity contribution in [3.8, 4) is 10.7 Å². The van der Waals surface area contributed by atoms with Crippen LogP contribution in [0.1, 0.15) is 45.5 Å². The summed E-state index contributed by atoms with van der Waals surface area (Å²) in [6.07, 6.45) is 3.53. The number of carbonyl (C=O) groups is 2. The van der Waals surface area contributed by atoms with Gasteiger partial charge in [-0.1, -0.05) is 12.1 Å². The predicted octanol–water partition coefficient (Wildman–Crippen LogP) is 3.70. The lowest BCUT2D eigenvalue weighted by Gasteiger charge is -2.13. The Balaban J connectivity index is 1.61. The van der Waals surface area contributed by atoms with Crippen LogP contribution < -0.4 is 4.72 Å². The molecule has 1 N–H and O–H groups in total. The van der Waals surface area contributed by atoms with Crippen LogP contribution in [0.3, 0.4) is 0 Å². The molecule has 1 fully saturated rings. The summed E-state index contributed by atoms with van der Waals surface area (Å²) < 4.78 is 30.1. The van der Waals surface area contributed by atoms with Crippen molar-refractivity contribution < 1.29 is 18.0 Å². The van der Waals surface area contributed by atoms with Gasteiger partial charge in [0.1, 0.15) is 14.8 Å². The minimum Gasteiger partial charge on any atom is -0.347 e. The van der Waals surface area contributed by atoms with Gasteiger partial charge in [-0.05, 0) is 44.9 Å². The van der Waals surface area contributed by atoms with E-state index in [0.717, 1.165) is 25.9 Å². The van der Waals surface area contributed by atoms with E-state index in [-0.39, 0.29) is 16.6 Å². The van der Waals surface area contributed by atoms with E-state index in [0.29, 0.717) is 32.5 Å². The smallest absolute Gasteiger partial charge is 0.265 e. The van der Waals surface area contributed by atoms with Crippen LogP contribution in [0.15, 0.2) is 41.4 Å². The Morgan fingerprint density at radius 1 is 1.16 bits per heavy atom. The first-order chi connectivity index (χ1) is 15.2. The molecule has 3 heterocycles. The Morgan fingerprint density at radius 2 is 1.88 bits per heavy atom. The largest absolute Gasteiger partial charge is 0.347 e. The number of benzene rings is 1. The number of aryl methyl sites for hydroxylation is 2. The van der Waals surface area contributed by atoms with Crippen LogP contribution in [0, 0.1) is 6.92 Å². The number of ketones is 1. The summed E-state index contributed by atoms with van der Waals surface area (Å²) in [4.78, 5) is 31.4. The molecule has 32 heavy (non-hydrogen) atoms. The molecule has 2 aromatic heterocycles. The maximum absolute atomic E-state index is 12.9. The molecule has 0 radical (unpaired) electrons. The summed E-state index contributed by atoms with van der Waals surface area (Å²) >= 11 is 1.28.